The summed E-state index contributed by atoms with van der Waals surface area (Å²) in [5, 5.41) is 18.8. The van der Waals surface area contributed by atoms with Gasteiger partial charge in [0.05, 0.1) is 12.7 Å². The minimum absolute atomic E-state index is 0.0654. The minimum atomic E-state index is -0.674. The quantitative estimate of drug-likeness (QED) is 0.803. The smallest absolute Gasteiger partial charge is 0.142 e. The van der Waals surface area contributed by atoms with Gasteiger partial charge < -0.3 is 9.63 Å². The first-order valence-electron chi connectivity index (χ1n) is 7.65. The molecule has 0 saturated heterocycles. The van der Waals surface area contributed by atoms with Crippen LogP contribution in [0.1, 0.15) is 49.5 Å². The fraction of sp³-hybridized carbons (Fsp3) is 0.333. The number of benzene rings is 1. The number of hydrogen-bond donors (Lipinski definition) is 1. The summed E-state index contributed by atoms with van der Waals surface area (Å²) in [5.41, 5.74) is 2.36. The van der Waals surface area contributed by atoms with Crippen molar-refractivity contribution in [3.63, 3.8) is 0 Å². The van der Waals surface area contributed by atoms with Crippen LogP contribution in [-0.2, 0) is 12.0 Å². The van der Waals surface area contributed by atoms with Crippen LogP contribution in [0.2, 0.25) is 0 Å². The summed E-state index contributed by atoms with van der Waals surface area (Å²) in [5.74, 6) is 0.851. The van der Waals surface area contributed by atoms with Crippen molar-refractivity contribution in [3.05, 3.63) is 71.4 Å². The molecule has 0 saturated carbocycles. The second kappa shape index (κ2) is 6.01. The van der Waals surface area contributed by atoms with E-state index in [9.17, 15) is 5.11 Å². The average molecular weight is 311 g/mol. The lowest BCUT2D eigenvalue weighted by molar-refractivity contribution is 0.220. The van der Waals surface area contributed by atoms with Gasteiger partial charge in [0.25, 0.3) is 0 Å². The van der Waals surface area contributed by atoms with Crippen molar-refractivity contribution < 1.29 is 9.63 Å². The zero-order chi connectivity index (χ0) is 16.4. The van der Waals surface area contributed by atoms with Gasteiger partial charge in [-0.15, -0.1) is 0 Å². The van der Waals surface area contributed by atoms with Crippen molar-refractivity contribution in [3.8, 4) is 0 Å². The molecule has 2 heterocycles. The Bertz CT molecular complexity index is 769. The van der Waals surface area contributed by atoms with Gasteiger partial charge in [0.15, 0.2) is 0 Å². The molecular weight excluding hydrogens is 290 g/mol. The predicted molar refractivity (Wildman–Crippen MR) is 87.0 cm³/mol. The predicted octanol–water partition coefficient (Wildman–Crippen LogP) is 3.30. The first-order valence-corrected chi connectivity index (χ1v) is 7.65. The number of hydrogen-bond acceptors (Lipinski definition) is 4. The maximum Gasteiger partial charge on any atom is 0.142 e. The molecule has 0 bridgehead atoms. The van der Waals surface area contributed by atoms with E-state index in [1.165, 1.54) is 0 Å². The molecule has 23 heavy (non-hydrogen) atoms. The highest BCUT2D eigenvalue weighted by molar-refractivity contribution is 5.26. The molecule has 0 amide bonds. The molecule has 1 N–H and O–H groups in total. The van der Waals surface area contributed by atoms with E-state index in [1.807, 2.05) is 42.6 Å². The zero-order valence-electron chi connectivity index (χ0n) is 13.6. The molecule has 1 aromatic carbocycles. The Morgan fingerprint density at radius 3 is 2.57 bits per heavy atom. The maximum absolute atomic E-state index is 10.4. The molecule has 0 spiro atoms. The molecular formula is C18H21N3O2. The lowest BCUT2D eigenvalue weighted by Gasteiger charge is -2.12. The summed E-state index contributed by atoms with van der Waals surface area (Å²) >= 11 is 0. The summed E-state index contributed by atoms with van der Waals surface area (Å²) in [6.07, 6.45) is 2.85. The second-order valence-electron chi connectivity index (χ2n) is 6.72. The number of aliphatic hydroxyl groups is 1. The number of aromatic nitrogens is 3. The minimum Gasteiger partial charge on any atom is -0.384 e. The third kappa shape index (κ3) is 3.51. The molecule has 0 aliphatic carbocycles. The van der Waals surface area contributed by atoms with Crippen molar-refractivity contribution in [2.45, 2.75) is 38.8 Å². The van der Waals surface area contributed by atoms with E-state index in [0.29, 0.717) is 6.54 Å². The topological polar surface area (TPSA) is 64.1 Å². The Hall–Kier alpha value is -2.40. The highest BCUT2D eigenvalue weighted by Gasteiger charge is 2.20. The van der Waals surface area contributed by atoms with Crippen LogP contribution >= 0.6 is 0 Å². The molecule has 3 aromatic rings. The Balaban J connectivity index is 1.74. The normalized spacial score (nSPS) is 13.2. The van der Waals surface area contributed by atoms with Gasteiger partial charge >= 0.3 is 0 Å². The average Bonchev–Trinajstić information content (AvgIpc) is 3.17. The first-order chi connectivity index (χ1) is 10.9. The molecule has 2 aromatic heterocycles. The van der Waals surface area contributed by atoms with Gasteiger partial charge in [0.1, 0.15) is 17.6 Å². The van der Waals surface area contributed by atoms with Crippen LogP contribution in [0.3, 0.4) is 0 Å². The van der Waals surface area contributed by atoms with Gasteiger partial charge in [-0.05, 0) is 5.56 Å². The molecule has 1 unspecified atom stereocenters. The van der Waals surface area contributed by atoms with E-state index in [0.717, 1.165) is 22.6 Å². The van der Waals surface area contributed by atoms with Crippen molar-refractivity contribution in [1.82, 2.24) is 14.9 Å². The summed E-state index contributed by atoms with van der Waals surface area (Å²) in [4.78, 5) is 0. The summed E-state index contributed by atoms with van der Waals surface area (Å²) in [6.45, 7) is 6.76. The first kappa shape index (κ1) is 15.5. The van der Waals surface area contributed by atoms with Crippen molar-refractivity contribution in [2.75, 3.05) is 0 Å². The van der Waals surface area contributed by atoms with E-state index in [1.54, 1.807) is 10.9 Å². The molecule has 0 aliphatic heterocycles. The van der Waals surface area contributed by atoms with Gasteiger partial charge in [-0.3, -0.25) is 4.68 Å². The van der Waals surface area contributed by atoms with Gasteiger partial charge in [-0.25, -0.2) is 0 Å². The van der Waals surface area contributed by atoms with Gasteiger partial charge in [-0.1, -0.05) is 56.3 Å². The van der Waals surface area contributed by atoms with E-state index in [4.69, 9.17) is 4.52 Å². The van der Waals surface area contributed by atoms with Crippen LogP contribution in [-0.4, -0.2) is 20.0 Å². The number of nitrogens with zero attached hydrogens (tertiary/aromatic N) is 3. The monoisotopic (exact) mass is 311 g/mol. The largest absolute Gasteiger partial charge is 0.384 e. The highest BCUT2D eigenvalue weighted by atomic mass is 16.5. The van der Waals surface area contributed by atoms with Crippen LogP contribution in [0.5, 0.6) is 0 Å². The molecule has 0 fully saturated rings. The van der Waals surface area contributed by atoms with Crippen molar-refractivity contribution >= 4 is 0 Å². The van der Waals surface area contributed by atoms with E-state index in [2.05, 4.69) is 31.0 Å². The van der Waals surface area contributed by atoms with E-state index < -0.39 is 6.10 Å². The molecule has 0 radical (unpaired) electrons. The Morgan fingerprint density at radius 2 is 1.91 bits per heavy atom. The molecule has 3 rings (SSSR count). The molecule has 1 atom stereocenters. The van der Waals surface area contributed by atoms with Crippen LogP contribution in [0, 0.1) is 0 Å². The van der Waals surface area contributed by atoms with Gasteiger partial charge in [-0.2, -0.15) is 5.10 Å². The summed E-state index contributed by atoms with van der Waals surface area (Å²) < 4.78 is 7.14. The lowest BCUT2D eigenvalue weighted by atomic mass is 9.93. The third-order valence-electron chi connectivity index (χ3n) is 3.71. The molecule has 0 aliphatic rings. The maximum atomic E-state index is 10.4. The van der Waals surface area contributed by atoms with Crippen molar-refractivity contribution in [1.29, 1.82) is 0 Å². The zero-order valence-corrected chi connectivity index (χ0v) is 13.6. The summed E-state index contributed by atoms with van der Waals surface area (Å²) in [7, 11) is 0. The second-order valence-corrected chi connectivity index (χ2v) is 6.72. The molecule has 120 valence electrons. The highest BCUT2D eigenvalue weighted by Crippen LogP contribution is 2.24. The van der Waals surface area contributed by atoms with E-state index in [-0.39, 0.29) is 5.41 Å². The Morgan fingerprint density at radius 1 is 1.17 bits per heavy atom. The SMILES string of the molecule is CC(C)(C)c1cc(Cn2cc(C(O)c3ccccc3)cn2)no1. The van der Waals surface area contributed by atoms with Gasteiger partial charge in [0.2, 0.25) is 0 Å². The van der Waals surface area contributed by atoms with Crippen LogP contribution in [0.25, 0.3) is 0 Å². The standard InChI is InChI=1S/C18H21N3O2/c1-18(2,3)16-9-15(20-23-16)12-21-11-14(10-19-21)17(22)13-7-5-4-6-8-13/h4-11,17,22H,12H2,1-3H3. The van der Waals surface area contributed by atoms with Crippen LogP contribution in [0.15, 0.2) is 53.3 Å². The van der Waals surface area contributed by atoms with Crippen molar-refractivity contribution in [2.24, 2.45) is 0 Å². The Labute approximate surface area is 135 Å². The molecule has 5 nitrogen and oxygen atoms in total. The lowest BCUT2D eigenvalue weighted by Crippen LogP contribution is -2.09. The van der Waals surface area contributed by atoms with E-state index >= 15 is 0 Å². The number of aliphatic hydroxyl groups excluding tert-OH is 1. The fourth-order valence-electron chi connectivity index (χ4n) is 2.34. The van der Waals surface area contributed by atoms with Crippen LogP contribution < -0.4 is 0 Å². The summed E-state index contributed by atoms with van der Waals surface area (Å²) in [6, 6.07) is 11.5. The molecule has 5 heteroatoms. The number of rotatable bonds is 4. The fourth-order valence-corrected chi connectivity index (χ4v) is 2.34. The van der Waals surface area contributed by atoms with Crippen LogP contribution in [0.4, 0.5) is 0 Å². The van der Waals surface area contributed by atoms with Gasteiger partial charge in [0, 0.05) is 23.2 Å². The third-order valence-corrected chi connectivity index (χ3v) is 3.71. The Kier molecular flexibility index (Phi) is 4.05.